The Morgan fingerprint density at radius 1 is 1.47 bits per heavy atom. The molecule has 6 heteroatoms. The molecule has 1 unspecified atom stereocenters. The summed E-state index contributed by atoms with van der Waals surface area (Å²) in [7, 11) is 0. The number of carbonyl (C=O) groups excluding carboxylic acids is 2. The molecular weight excluding hydrogens is 266 g/mol. The summed E-state index contributed by atoms with van der Waals surface area (Å²) in [5.74, 6) is -0.137. The van der Waals surface area contributed by atoms with Gasteiger partial charge in [-0.25, -0.2) is 4.98 Å². The average Bonchev–Trinajstić information content (AvgIpc) is 2.74. The lowest BCUT2D eigenvalue weighted by molar-refractivity contribution is -0.119. The molecule has 1 aromatic rings. The normalized spacial score (nSPS) is 18.5. The lowest BCUT2D eigenvalue weighted by Gasteiger charge is -2.17. The van der Waals surface area contributed by atoms with Gasteiger partial charge in [-0.05, 0) is 25.5 Å². The molecule has 102 valence electrons. The minimum atomic E-state index is -0.0692. The van der Waals surface area contributed by atoms with Crippen LogP contribution in [0.15, 0.2) is 12.1 Å². The molecule has 2 heterocycles. The minimum absolute atomic E-state index is 0.0415. The summed E-state index contributed by atoms with van der Waals surface area (Å²) in [6, 6.07) is 3.34. The van der Waals surface area contributed by atoms with Gasteiger partial charge < -0.3 is 10.2 Å². The Hall–Kier alpha value is -1.62. The fourth-order valence-corrected chi connectivity index (χ4v) is 2.53. The zero-order valence-electron chi connectivity index (χ0n) is 10.9. The van der Waals surface area contributed by atoms with Crippen molar-refractivity contribution < 1.29 is 9.59 Å². The van der Waals surface area contributed by atoms with Crippen molar-refractivity contribution in [3.63, 3.8) is 0 Å². The smallest absolute Gasteiger partial charge is 0.254 e. The number of hydrogen-bond donors (Lipinski definition) is 1. The number of amides is 2. The summed E-state index contributed by atoms with van der Waals surface area (Å²) in [6.07, 6.45) is 0.781. The van der Waals surface area contributed by atoms with Crippen LogP contribution >= 0.6 is 11.6 Å². The van der Waals surface area contributed by atoms with Gasteiger partial charge in [-0.3, -0.25) is 9.59 Å². The molecule has 1 saturated heterocycles. The Labute approximate surface area is 117 Å². The molecule has 1 aliphatic heterocycles. The number of hydrogen-bond acceptors (Lipinski definition) is 3. The van der Waals surface area contributed by atoms with Crippen LogP contribution in [0, 0.1) is 6.92 Å². The van der Waals surface area contributed by atoms with E-state index in [1.54, 1.807) is 24.0 Å². The first-order chi connectivity index (χ1) is 8.95. The van der Waals surface area contributed by atoms with Gasteiger partial charge in [-0.2, -0.15) is 0 Å². The summed E-state index contributed by atoms with van der Waals surface area (Å²) in [5.41, 5.74) is 1.26. The molecule has 2 amide bonds. The Morgan fingerprint density at radius 3 is 2.84 bits per heavy atom. The van der Waals surface area contributed by atoms with Crippen molar-refractivity contribution >= 4 is 23.4 Å². The van der Waals surface area contributed by atoms with E-state index in [1.807, 2.05) is 0 Å². The van der Waals surface area contributed by atoms with E-state index in [0.29, 0.717) is 29.5 Å². The van der Waals surface area contributed by atoms with Crippen LogP contribution in [0.25, 0.3) is 0 Å². The molecule has 0 saturated carbocycles. The monoisotopic (exact) mass is 281 g/mol. The lowest BCUT2D eigenvalue weighted by Crippen LogP contribution is -2.37. The second-order valence-electron chi connectivity index (χ2n) is 4.76. The highest BCUT2D eigenvalue weighted by molar-refractivity contribution is 6.29. The topological polar surface area (TPSA) is 62.3 Å². The molecule has 19 heavy (non-hydrogen) atoms. The van der Waals surface area contributed by atoms with E-state index in [2.05, 4.69) is 10.3 Å². The third-order valence-corrected chi connectivity index (χ3v) is 3.25. The van der Waals surface area contributed by atoms with Crippen LogP contribution in [0.1, 0.15) is 29.4 Å². The number of halogens is 1. The van der Waals surface area contributed by atoms with E-state index in [4.69, 9.17) is 11.6 Å². The van der Waals surface area contributed by atoms with E-state index >= 15 is 0 Å². The molecule has 1 aliphatic rings. The van der Waals surface area contributed by atoms with Crippen LogP contribution in [0.2, 0.25) is 5.15 Å². The molecule has 0 spiro atoms. The van der Waals surface area contributed by atoms with Crippen molar-refractivity contribution in [1.29, 1.82) is 0 Å². The highest BCUT2D eigenvalue weighted by Gasteiger charge is 2.27. The van der Waals surface area contributed by atoms with Gasteiger partial charge in [0.1, 0.15) is 5.15 Å². The number of carbonyl (C=O) groups is 2. The maximum absolute atomic E-state index is 12.3. The second kappa shape index (κ2) is 5.57. The van der Waals surface area contributed by atoms with Gasteiger partial charge in [-0.1, -0.05) is 11.6 Å². The number of pyridine rings is 1. The zero-order valence-corrected chi connectivity index (χ0v) is 11.7. The van der Waals surface area contributed by atoms with Crippen LogP contribution in [0.3, 0.4) is 0 Å². The number of aryl methyl sites for hydroxylation is 1. The van der Waals surface area contributed by atoms with Crippen LogP contribution < -0.4 is 5.32 Å². The first-order valence-electron chi connectivity index (χ1n) is 6.16. The fourth-order valence-electron chi connectivity index (χ4n) is 2.28. The van der Waals surface area contributed by atoms with Crippen LogP contribution in [-0.2, 0) is 4.79 Å². The molecule has 0 aliphatic carbocycles. The Kier molecular flexibility index (Phi) is 4.04. The molecular formula is C13H16ClN3O2. The molecule has 5 nitrogen and oxygen atoms in total. The third kappa shape index (κ3) is 3.44. The molecule has 1 N–H and O–H groups in total. The molecule has 0 bridgehead atoms. The summed E-state index contributed by atoms with van der Waals surface area (Å²) in [5, 5.41) is 3.15. The molecule has 1 aromatic heterocycles. The summed E-state index contributed by atoms with van der Waals surface area (Å²) < 4.78 is 0. The predicted molar refractivity (Wildman–Crippen MR) is 72.1 cm³/mol. The first kappa shape index (κ1) is 13.8. The SMILES string of the molecule is CC(=O)NC1CCN(C(=O)c2cc(C)nc(Cl)c2)C1. The molecule has 0 aromatic carbocycles. The predicted octanol–water partition coefficient (Wildman–Crippen LogP) is 1.39. The Morgan fingerprint density at radius 2 is 2.21 bits per heavy atom. The van der Waals surface area contributed by atoms with Crippen molar-refractivity contribution in [1.82, 2.24) is 15.2 Å². The minimum Gasteiger partial charge on any atom is -0.352 e. The lowest BCUT2D eigenvalue weighted by atomic mass is 10.2. The second-order valence-corrected chi connectivity index (χ2v) is 5.14. The van der Waals surface area contributed by atoms with Gasteiger partial charge in [0.15, 0.2) is 0 Å². The van der Waals surface area contributed by atoms with Gasteiger partial charge >= 0.3 is 0 Å². The number of aromatic nitrogens is 1. The van der Waals surface area contributed by atoms with E-state index < -0.39 is 0 Å². The van der Waals surface area contributed by atoms with Crippen LogP contribution in [0.4, 0.5) is 0 Å². The molecule has 2 rings (SSSR count). The Balaban J connectivity index is 2.06. The van der Waals surface area contributed by atoms with E-state index in [9.17, 15) is 9.59 Å². The number of rotatable bonds is 2. The maximum Gasteiger partial charge on any atom is 0.254 e. The zero-order chi connectivity index (χ0) is 14.0. The highest BCUT2D eigenvalue weighted by atomic mass is 35.5. The quantitative estimate of drug-likeness (QED) is 0.834. The van der Waals surface area contributed by atoms with Crippen LogP contribution in [-0.4, -0.2) is 40.8 Å². The van der Waals surface area contributed by atoms with Gasteiger partial charge in [-0.15, -0.1) is 0 Å². The summed E-state index contributed by atoms with van der Waals surface area (Å²) in [6.45, 7) is 4.46. The van der Waals surface area contributed by atoms with Crippen LogP contribution in [0.5, 0.6) is 0 Å². The van der Waals surface area contributed by atoms with Gasteiger partial charge in [0.05, 0.1) is 0 Å². The van der Waals surface area contributed by atoms with Crippen molar-refractivity contribution in [3.05, 3.63) is 28.5 Å². The number of likely N-dealkylation sites (tertiary alicyclic amines) is 1. The molecule has 1 fully saturated rings. The first-order valence-corrected chi connectivity index (χ1v) is 6.54. The average molecular weight is 282 g/mol. The Bertz CT molecular complexity index is 498. The fraction of sp³-hybridized carbons (Fsp3) is 0.462. The van der Waals surface area contributed by atoms with Crippen molar-refractivity contribution in [2.45, 2.75) is 26.3 Å². The number of nitrogens with one attached hydrogen (secondary N) is 1. The van der Waals surface area contributed by atoms with Crippen molar-refractivity contribution in [2.24, 2.45) is 0 Å². The van der Waals surface area contributed by atoms with Gasteiger partial charge in [0.25, 0.3) is 5.91 Å². The third-order valence-electron chi connectivity index (χ3n) is 3.05. The largest absolute Gasteiger partial charge is 0.352 e. The van der Waals surface area contributed by atoms with Gasteiger partial charge in [0, 0.05) is 37.3 Å². The number of nitrogens with zero attached hydrogens (tertiary/aromatic N) is 2. The van der Waals surface area contributed by atoms with Gasteiger partial charge in [0.2, 0.25) is 5.91 Å². The van der Waals surface area contributed by atoms with Crippen molar-refractivity contribution in [2.75, 3.05) is 13.1 Å². The highest BCUT2D eigenvalue weighted by Crippen LogP contribution is 2.16. The van der Waals surface area contributed by atoms with Crippen molar-refractivity contribution in [3.8, 4) is 0 Å². The van der Waals surface area contributed by atoms with E-state index in [-0.39, 0.29) is 17.9 Å². The maximum atomic E-state index is 12.3. The standard InChI is InChI=1S/C13H16ClN3O2/c1-8-5-10(6-12(14)15-8)13(19)17-4-3-11(7-17)16-9(2)18/h5-6,11H,3-4,7H2,1-2H3,(H,16,18). The van der Waals surface area contributed by atoms with E-state index in [0.717, 1.165) is 6.42 Å². The molecule has 0 radical (unpaired) electrons. The van der Waals surface area contributed by atoms with E-state index in [1.165, 1.54) is 6.92 Å². The molecule has 1 atom stereocenters. The summed E-state index contributed by atoms with van der Waals surface area (Å²) in [4.78, 5) is 29.1. The summed E-state index contributed by atoms with van der Waals surface area (Å²) >= 11 is 5.86.